The van der Waals surface area contributed by atoms with Gasteiger partial charge in [0.05, 0.1) is 6.54 Å². The van der Waals surface area contributed by atoms with Gasteiger partial charge < -0.3 is 15.2 Å². The van der Waals surface area contributed by atoms with Crippen LogP contribution in [-0.4, -0.2) is 34.2 Å². The molecule has 7 nitrogen and oxygen atoms in total. The number of rotatable bonds is 7. The summed E-state index contributed by atoms with van der Waals surface area (Å²) in [6.45, 7) is 4.18. The predicted octanol–water partition coefficient (Wildman–Crippen LogP) is 3.11. The van der Waals surface area contributed by atoms with Gasteiger partial charge >= 0.3 is 0 Å². The van der Waals surface area contributed by atoms with Crippen molar-refractivity contribution in [3.05, 3.63) is 52.6 Å². The standard InChI is InChI=1S/C17H20N6OS.HI/c1-2-18-17(21-12-13-6-5-11-25-13)20-10-8-15-22-16(24-23-15)14-7-3-4-9-19-14;/h3-7,9,11H,2,8,10,12H2,1H3,(H2,18,20,21);1H. The third kappa shape index (κ3) is 6.06. The molecule has 0 atom stereocenters. The Labute approximate surface area is 173 Å². The molecule has 138 valence electrons. The Morgan fingerprint density at radius 1 is 1.23 bits per heavy atom. The van der Waals surface area contributed by atoms with Crippen molar-refractivity contribution < 1.29 is 4.52 Å². The molecule has 0 aliphatic carbocycles. The van der Waals surface area contributed by atoms with E-state index in [0.717, 1.165) is 12.5 Å². The van der Waals surface area contributed by atoms with E-state index in [-0.39, 0.29) is 24.0 Å². The summed E-state index contributed by atoms with van der Waals surface area (Å²) in [6, 6.07) is 9.69. The van der Waals surface area contributed by atoms with Crippen molar-refractivity contribution in [2.24, 2.45) is 4.99 Å². The number of pyridine rings is 1. The molecular formula is C17H21IN6OS. The smallest absolute Gasteiger partial charge is 0.276 e. The number of aliphatic imine (C=N–C) groups is 1. The number of aromatic nitrogens is 3. The number of halogens is 1. The number of nitrogens with zero attached hydrogens (tertiary/aromatic N) is 4. The highest BCUT2D eigenvalue weighted by Crippen LogP contribution is 2.13. The largest absolute Gasteiger partial charge is 0.357 e. The molecule has 9 heteroatoms. The van der Waals surface area contributed by atoms with Crippen LogP contribution in [0.5, 0.6) is 0 Å². The summed E-state index contributed by atoms with van der Waals surface area (Å²) in [5.41, 5.74) is 0.681. The summed E-state index contributed by atoms with van der Waals surface area (Å²) in [5, 5.41) is 12.6. The van der Waals surface area contributed by atoms with Gasteiger partial charge in [-0.1, -0.05) is 17.3 Å². The highest BCUT2D eigenvalue weighted by atomic mass is 127. The Morgan fingerprint density at radius 2 is 2.15 bits per heavy atom. The lowest BCUT2D eigenvalue weighted by Gasteiger charge is -2.09. The summed E-state index contributed by atoms with van der Waals surface area (Å²) in [4.78, 5) is 14.4. The lowest BCUT2D eigenvalue weighted by Crippen LogP contribution is -2.38. The van der Waals surface area contributed by atoms with E-state index < -0.39 is 0 Å². The fraction of sp³-hybridized carbons (Fsp3) is 0.294. The number of thiophene rings is 1. The molecule has 0 bridgehead atoms. The van der Waals surface area contributed by atoms with E-state index in [1.165, 1.54) is 4.88 Å². The van der Waals surface area contributed by atoms with Crippen LogP contribution < -0.4 is 10.6 Å². The predicted molar refractivity (Wildman–Crippen MR) is 114 cm³/mol. The monoisotopic (exact) mass is 484 g/mol. The van der Waals surface area contributed by atoms with Gasteiger partial charge in [0.1, 0.15) is 5.69 Å². The third-order valence-corrected chi connectivity index (χ3v) is 4.17. The van der Waals surface area contributed by atoms with Gasteiger partial charge in [-0.3, -0.25) is 4.98 Å². The average molecular weight is 484 g/mol. The van der Waals surface area contributed by atoms with Crippen molar-refractivity contribution in [3.63, 3.8) is 0 Å². The van der Waals surface area contributed by atoms with E-state index >= 15 is 0 Å². The molecule has 0 radical (unpaired) electrons. The van der Waals surface area contributed by atoms with Crippen LogP contribution in [0.2, 0.25) is 0 Å². The topological polar surface area (TPSA) is 88.2 Å². The van der Waals surface area contributed by atoms with Crippen LogP contribution in [0.15, 0.2) is 51.4 Å². The van der Waals surface area contributed by atoms with Crippen molar-refractivity contribution in [3.8, 4) is 11.6 Å². The Balaban J connectivity index is 0.00000243. The van der Waals surface area contributed by atoms with Gasteiger partial charge in [0.15, 0.2) is 11.8 Å². The first-order valence-corrected chi connectivity index (χ1v) is 9.01. The van der Waals surface area contributed by atoms with E-state index in [0.29, 0.717) is 36.9 Å². The summed E-state index contributed by atoms with van der Waals surface area (Å²) in [5.74, 6) is 1.86. The van der Waals surface area contributed by atoms with Gasteiger partial charge in [-0.25, -0.2) is 4.99 Å². The Morgan fingerprint density at radius 3 is 2.88 bits per heavy atom. The maximum atomic E-state index is 5.26. The minimum Gasteiger partial charge on any atom is -0.357 e. The fourth-order valence-corrected chi connectivity index (χ4v) is 2.77. The van der Waals surface area contributed by atoms with E-state index in [1.807, 2.05) is 31.2 Å². The molecule has 0 unspecified atom stereocenters. The first-order chi connectivity index (χ1) is 12.3. The first-order valence-electron chi connectivity index (χ1n) is 8.13. The maximum absolute atomic E-state index is 5.26. The molecule has 0 fully saturated rings. The van der Waals surface area contributed by atoms with Gasteiger partial charge in [0, 0.05) is 30.6 Å². The molecule has 2 N–H and O–H groups in total. The fourth-order valence-electron chi connectivity index (χ4n) is 2.14. The second-order valence-electron chi connectivity index (χ2n) is 5.18. The zero-order valence-corrected chi connectivity index (χ0v) is 17.5. The Kier molecular flexibility index (Phi) is 8.48. The summed E-state index contributed by atoms with van der Waals surface area (Å²) in [6.07, 6.45) is 2.34. The highest BCUT2D eigenvalue weighted by molar-refractivity contribution is 14.0. The molecule has 3 aromatic rings. The second-order valence-corrected chi connectivity index (χ2v) is 6.21. The number of guanidine groups is 1. The lowest BCUT2D eigenvalue weighted by atomic mass is 10.3. The number of hydrogen-bond acceptors (Lipinski definition) is 6. The molecule has 0 aliphatic rings. The molecule has 0 amide bonds. The van der Waals surface area contributed by atoms with Crippen molar-refractivity contribution >= 4 is 41.3 Å². The Hall–Kier alpha value is -2.01. The summed E-state index contributed by atoms with van der Waals surface area (Å²) >= 11 is 1.70. The number of nitrogens with one attached hydrogen (secondary N) is 2. The summed E-state index contributed by atoms with van der Waals surface area (Å²) in [7, 11) is 0. The van der Waals surface area contributed by atoms with Crippen molar-refractivity contribution in [1.82, 2.24) is 25.8 Å². The van der Waals surface area contributed by atoms with Crippen LogP contribution in [-0.2, 0) is 13.0 Å². The minimum atomic E-state index is 0. The van der Waals surface area contributed by atoms with E-state index in [4.69, 9.17) is 4.52 Å². The minimum absolute atomic E-state index is 0. The molecule has 0 spiro atoms. The molecule has 3 heterocycles. The van der Waals surface area contributed by atoms with E-state index in [1.54, 1.807) is 17.5 Å². The molecule has 3 rings (SSSR count). The zero-order chi connectivity index (χ0) is 17.3. The first kappa shape index (κ1) is 20.3. The molecule has 26 heavy (non-hydrogen) atoms. The molecule has 0 saturated carbocycles. The normalized spacial score (nSPS) is 11.0. The molecule has 0 aromatic carbocycles. The van der Waals surface area contributed by atoms with E-state index in [2.05, 4.69) is 42.2 Å². The third-order valence-electron chi connectivity index (χ3n) is 3.31. The zero-order valence-electron chi connectivity index (χ0n) is 14.4. The van der Waals surface area contributed by atoms with Crippen molar-refractivity contribution in [2.45, 2.75) is 19.9 Å². The van der Waals surface area contributed by atoms with Crippen molar-refractivity contribution in [2.75, 3.05) is 13.1 Å². The SMILES string of the molecule is CCNC(=NCc1cccs1)NCCc1noc(-c2ccccn2)n1.I. The average Bonchev–Trinajstić information content (AvgIpc) is 3.32. The van der Waals surface area contributed by atoms with Crippen LogP contribution in [0, 0.1) is 0 Å². The quantitative estimate of drug-likeness (QED) is 0.305. The van der Waals surface area contributed by atoms with E-state index in [9.17, 15) is 0 Å². The van der Waals surface area contributed by atoms with Crippen LogP contribution in [0.4, 0.5) is 0 Å². The van der Waals surface area contributed by atoms with Crippen LogP contribution >= 0.6 is 35.3 Å². The van der Waals surface area contributed by atoms with Crippen molar-refractivity contribution in [1.29, 1.82) is 0 Å². The van der Waals surface area contributed by atoms with Crippen LogP contribution in [0.25, 0.3) is 11.6 Å². The second kappa shape index (κ2) is 10.9. The Bertz CT molecular complexity index is 791. The van der Waals surface area contributed by atoms with Gasteiger partial charge in [0.2, 0.25) is 0 Å². The maximum Gasteiger partial charge on any atom is 0.276 e. The van der Waals surface area contributed by atoms with Gasteiger partial charge in [-0.2, -0.15) is 4.98 Å². The molecule has 3 aromatic heterocycles. The summed E-state index contributed by atoms with van der Waals surface area (Å²) < 4.78 is 5.26. The molecule has 0 aliphatic heterocycles. The molecular weight excluding hydrogens is 463 g/mol. The highest BCUT2D eigenvalue weighted by Gasteiger charge is 2.09. The van der Waals surface area contributed by atoms with Crippen LogP contribution in [0.3, 0.4) is 0 Å². The lowest BCUT2D eigenvalue weighted by molar-refractivity contribution is 0.421. The van der Waals surface area contributed by atoms with Gasteiger partial charge in [0.25, 0.3) is 5.89 Å². The number of hydrogen-bond donors (Lipinski definition) is 2. The molecule has 0 saturated heterocycles. The van der Waals surface area contributed by atoms with Crippen LogP contribution in [0.1, 0.15) is 17.6 Å². The van der Waals surface area contributed by atoms with Gasteiger partial charge in [-0.15, -0.1) is 35.3 Å². The van der Waals surface area contributed by atoms with Gasteiger partial charge in [-0.05, 0) is 30.5 Å².